The van der Waals surface area contributed by atoms with Crippen LogP contribution in [-0.2, 0) is 26.1 Å². The van der Waals surface area contributed by atoms with Gasteiger partial charge in [-0.25, -0.2) is 4.79 Å². The maximum absolute atomic E-state index is 13.2. The van der Waals surface area contributed by atoms with Crippen molar-refractivity contribution in [3.8, 4) is 0 Å². The predicted molar refractivity (Wildman–Crippen MR) is 160 cm³/mol. The molecule has 0 radical (unpaired) electrons. The lowest BCUT2D eigenvalue weighted by Crippen LogP contribution is -2.53. The number of ether oxygens (including phenoxy) is 1. The fraction of sp³-hybridized carbons (Fsp3) is 0.576. The third-order valence-electron chi connectivity index (χ3n) is 11.0. The van der Waals surface area contributed by atoms with E-state index in [9.17, 15) is 18.0 Å². The van der Waals surface area contributed by atoms with E-state index in [2.05, 4.69) is 41.3 Å². The molecule has 3 saturated heterocycles. The Kier molecular flexibility index (Phi) is 7.73. The van der Waals surface area contributed by atoms with E-state index >= 15 is 0 Å². The highest BCUT2D eigenvalue weighted by molar-refractivity contribution is 7.85. The summed E-state index contributed by atoms with van der Waals surface area (Å²) in [6, 6.07) is 18.8. The SMILES string of the molecule is CC1(C)C2CCC1(CS(=O)(=O)O)C(=O)C2.O=C(O[C@H]1CN2CCC1CC2)N1CCc2ccccc2[C@H]1c1ccccc1. The number of fused-ring (bicyclic) bond motifs is 6. The lowest BCUT2D eigenvalue weighted by molar-refractivity contribution is -0.128. The molecule has 2 unspecified atom stereocenters. The van der Waals surface area contributed by atoms with Gasteiger partial charge in [-0.1, -0.05) is 68.4 Å². The predicted octanol–water partition coefficient (Wildman–Crippen LogP) is 5.13. The number of ketones is 1. The van der Waals surface area contributed by atoms with Crippen LogP contribution in [0.4, 0.5) is 4.79 Å². The molecule has 4 heterocycles. The van der Waals surface area contributed by atoms with Crippen molar-refractivity contribution in [2.24, 2.45) is 22.7 Å². The first-order valence-electron chi connectivity index (χ1n) is 15.3. The van der Waals surface area contributed by atoms with Gasteiger partial charge in [-0.3, -0.25) is 19.1 Å². The standard InChI is InChI=1S/C23H26N2O2.C10H16O4S/c26-23(27-21-16-24-13-10-18(21)11-14-24)25-15-12-17-6-4-5-9-20(17)22(25)19-7-2-1-3-8-19;1-9(2)7-3-4-10(9,8(11)5-7)6-15(12,13)14/h1-9,18,21-22H,10-16H2;7H,3-6H2,1-2H3,(H,12,13,14)/t21-,22+;/m0./s1. The molecule has 1 N–H and O–H groups in total. The van der Waals surface area contributed by atoms with Crippen molar-refractivity contribution in [1.29, 1.82) is 0 Å². The summed E-state index contributed by atoms with van der Waals surface area (Å²) >= 11 is 0. The molecule has 2 aliphatic carbocycles. The van der Waals surface area contributed by atoms with Crippen molar-refractivity contribution >= 4 is 22.0 Å². The van der Waals surface area contributed by atoms with Crippen molar-refractivity contribution in [1.82, 2.24) is 9.80 Å². The summed E-state index contributed by atoms with van der Waals surface area (Å²) in [5.41, 5.74) is 2.58. The van der Waals surface area contributed by atoms with Gasteiger partial charge in [-0.05, 0) is 79.1 Å². The second-order valence-corrected chi connectivity index (χ2v) is 14.9. The monoisotopic (exact) mass is 594 g/mol. The number of rotatable bonds is 4. The number of Topliss-reactive ketones (excluding diaryl/α,β-unsaturated/α-hetero) is 1. The molecule has 6 aliphatic rings. The van der Waals surface area contributed by atoms with Crippen LogP contribution in [0.25, 0.3) is 0 Å². The van der Waals surface area contributed by atoms with Gasteiger partial charge >= 0.3 is 6.09 Å². The van der Waals surface area contributed by atoms with Crippen LogP contribution >= 0.6 is 0 Å². The van der Waals surface area contributed by atoms with Gasteiger partial charge in [-0.15, -0.1) is 0 Å². The lowest BCUT2D eigenvalue weighted by atomic mass is 9.70. The van der Waals surface area contributed by atoms with Crippen LogP contribution in [0.15, 0.2) is 54.6 Å². The fourth-order valence-electron chi connectivity index (χ4n) is 8.42. The largest absolute Gasteiger partial charge is 0.444 e. The summed E-state index contributed by atoms with van der Waals surface area (Å²) in [6.07, 6.45) is 5.06. The van der Waals surface area contributed by atoms with Crippen molar-refractivity contribution < 1.29 is 27.3 Å². The molecule has 1 amide bonds. The van der Waals surface area contributed by atoms with Crippen LogP contribution in [0, 0.1) is 22.7 Å². The van der Waals surface area contributed by atoms with Gasteiger partial charge in [0.25, 0.3) is 10.1 Å². The summed E-state index contributed by atoms with van der Waals surface area (Å²) in [5.74, 6) is 0.432. The van der Waals surface area contributed by atoms with Gasteiger partial charge in [0, 0.05) is 19.5 Å². The quantitative estimate of drug-likeness (QED) is 0.489. The highest BCUT2D eigenvalue weighted by Crippen LogP contribution is 2.64. The lowest BCUT2D eigenvalue weighted by Gasteiger charge is -2.45. The number of nitrogens with zero attached hydrogens (tertiary/aromatic N) is 2. The molecule has 2 aromatic rings. The van der Waals surface area contributed by atoms with Gasteiger partial charge in [0.1, 0.15) is 11.9 Å². The second kappa shape index (κ2) is 11.1. The number of benzene rings is 2. The Bertz CT molecular complexity index is 1440. The molecule has 42 heavy (non-hydrogen) atoms. The molecule has 226 valence electrons. The highest BCUT2D eigenvalue weighted by Gasteiger charge is 2.65. The number of piperidine rings is 3. The Labute approximate surface area is 249 Å². The van der Waals surface area contributed by atoms with Crippen LogP contribution in [0.1, 0.15) is 68.7 Å². The van der Waals surface area contributed by atoms with E-state index in [0.29, 0.717) is 25.3 Å². The van der Waals surface area contributed by atoms with Gasteiger partial charge in [0.2, 0.25) is 0 Å². The van der Waals surface area contributed by atoms with Crippen LogP contribution < -0.4 is 0 Å². The minimum Gasteiger partial charge on any atom is -0.444 e. The fourth-order valence-corrected chi connectivity index (χ4v) is 9.72. The van der Waals surface area contributed by atoms with Gasteiger partial charge in [-0.2, -0.15) is 8.42 Å². The van der Waals surface area contributed by atoms with E-state index in [4.69, 9.17) is 9.29 Å². The molecule has 0 spiro atoms. The summed E-state index contributed by atoms with van der Waals surface area (Å²) < 4.78 is 37.1. The molecule has 8 rings (SSSR count). The first-order valence-corrected chi connectivity index (χ1v) is 16.9. The molecule has 2 aromatic carbocycles. The number of carbonyl (C=O) groups is 2. The molecule has 9 heteroatoms. The molecule has 4 atom stereocenters. The van der Waals surface area contributed by atoms with Gasteiger partial charge < -0.3 is 4.74 Å². The summed E-state index contributed by atoms with van der Waals surface area (Å²) in [7, 11) is -4.08. The number of amides is 1. The Balaban J connectivity index is 0.000000179. The third kappa shape index (κ3) is 5.28. The summed E-state index contributed by atoms with van der Waals surface area (Å²) in [4.78, 5) is 29.5. The van der Waals surface area contributed by atoms with E-state index in [1.807, 2.05) is 36.9 Å². The van der Waals surface area contributed by atoms with Crippen molar-refractivity contribution in [2.45, 2.75) is 64.5 Å². The molecule has 5 fully saturated rings. The third-order valence-corrected chi connectivity index (χ3v) is 11.9. The molecule has 2 saturated carbocycles. The average Bonchev–Trinajstić information content (AvgIpc) is 3.31. The summed E-state index contributed by atoms with van der Waals surface area (Å²) in [5, 5.41) is 0. The second-order valence-electron chi connectivity index (χ2n) is 13.4. The van der Waals surface area contributed by atoms with Crippen molar-refractivity contribution in [2.75, 3.05) is 31.9 Å². The van der Waals surface area contributed by atoms with E-state index in [1.165, 1.54) is 11.1 Å². The number of carbonyl (C=O) groups excluding carboxylic acids is 2. The maximum Gasteiger partial charge on any atom is 0.410 e. The topological polar surface area (TPSA) is 104 Å². The van der Waals surface area contributed by atoms with Crippen molar-refractivity contribution in [3.63, 3.8) is 0 Å². The van der Waals surface area contributed by atoms with Crippen LogP contribution in [0.3, 0.4) is 0 Å². The van der Waals surface area contributed by atoms with E-state index in [1.54, 1.807) is 0 Å². The van der Waals surface area contributed by atoms with Crippen LogP contribution in [-0.4, -0.2) is 72.7 Å². The maximum atomic E-state index is 13.2. The molecule has 0 aromatic heterocycles. The van der Waals surface area contributed by atoms with Gasteiger partial charge in [0.05, 0.1) is 17.2 Å². The molecular weight excluding hydrogens is 552 g/mol. The summed E-state index contributed by atoms with van der Waals surface area (Å²) in [6.45, 7) is 7.81. The Morgan fingerprint density at radius 1 is 1.00 bits per heavy atom. The molecule has 8 nitrogen and oxygen atoms in total. The molecule has 4 aliphatic heterocycles. The van der Waals surface area contributed by atoms with E-state index in [-0.39, 0.29) is 35.4 Å². The Morgan fingerprint density at radius 2 is 1.69 bits per heavy atom. The Hall–Kier alpha value is -2.75. The Morgan fingerprint density at radius 3 is 2.29 bits per heavy atom. The first kappa shape index (κ1) is 29.3. The zero-order chi connectivity index (χ0) is 29.7. The number of hydrogen-bond donors (Lipinski definition) is 1. The molecule has 4 bridgehead atoms. The minimum absolute atomic E-state index is 0.0152. The number of hydrogen-bond acceptors (Lipinski definition) is 6. The van der Waals surface area contributed by atoms with E-state index in [0.717, 1.165) is 50.9 Å². The average molecular weight is 595 g/mol. The van der Waals surface area contributed by atoms with E-state index < -0.39 is 21.3 Å². The zero-order valence-corrected chi connectivity index (χ0v) is 25.4. The van der Waals surface area contributed by atoms with Gasteiger partial charge in [0.15, 0.2) is 0 Å². The van der Waals surface area contributed by atoms with Crippen molar-refractivity contribution in [3.05, 3.63) is 71.3 Å². The zero-order valence-electron chi connectivity index (χ0n) is 24.6. The smallest absolute Gasteiger partial charge is 0.410 e. The normalized spacial score (nSPS) is 32.6. The first-order chi connectivity index (χ1) is 20.0. The van der Waals surface area contributed by atoms with Crippen LogP contribution in [0.2, 0.25) is 0 Å². The molecular formula is C33H42N2O6S. The minimum atomic E-state index is -4.08. The highest BCUT2D eigenvalue weighted by atomic mass is 32.2. The van der Waals surface area contributed by atoms with Crippen LogP contribution in [0.5, 0.6) is 0 Å².